The maximum atomic E-state index is 13.1. The van der Waals surface area contributed by atoms with Gasteiger partial charge in [-0.05, 0) is 30.5 Å². The molecule has 0 atom stereocenters. The molecule has 30 heavy (non-hydrogen) atoms. The van der Waals surface area contributed by atoms with Gasteiger partial charge in [0, 0.05) is 71.5 Å². The van der Waals surface area contributed by atoms with E-state index in [1.165, 1.54) is 10.4 Å². The predicted molar refractivity (Wildman–Crippen MR) is 113 cm³/mol. The molecule has 9 heteroatoms. The lowest BCUT2D eigenvalue weighted by atomic mass is 10.2. The molecule has 1 amide bonds. The predicted octanol–water partition coefficient (Wildman–Crippen LogP) is 1.55. The molecular formula is C21H29N5O3S. The van der Waals surface area contributed by atoms with Crippen molar-refractivity contribution in [3.63, 3.8) is 0 Å². The van der Waals surface area contributed by atoms with Crippen LogP contribution in [0.5, 0.6) is 0 Å². The molecule has 0 saturated carbocycles. The van der Waals surface area contributed by atoms with Crippen molar-refractivity contribution in [2.75, 3.05) is 39.3 Å². The summed E-state index contributed by atoms with van der Waals surface area (Å²) in [5.41, 5.74) is 1.58. The average Bonchev–Trinajstić information content (AvgIpc) is 3.17. The quantitative estimate of drug-likeness (QED) is 0.718. The zero-order valence-electron chi connectivity index (χ0n) is 17.4. The Morgan fingerprint density at radius 1 is 1.07 bits per heavy atom. The second-order valence-corrected chi connectivity index (χ2v) is 10.0. The maximum Gasteiger partial charge on any atom is 0.270 e. The van der Waals surface area contributed by atoms with Crippen LogP contribution in [0, 0.1) is 0 Å². The number of carbonyl (C=O) groups is 1. The fraction of sp³-hybridized carbons (Fsp3) is 0.524. The van der Waals surface area contributed by atoms with Crippen LogP contribution in [0.2, 0.25) is 0 Å². The van der Waals surface area contributed by atoms with E-state index in [0.29, 0.717) is 31.9 Å². The molecule has 0 unspecified atom stereocenters. The molecule has 2 aromatic rings. The monoisotopic (exact) mass is 431 g/mol. The summed E-state index contributed by atoms with van der Waals surface area (Å²) in [7, 11) is -1.81. The minimum atomic E-state index is -3.54. The van der Waals surface area contributed by atoms with E-state index in [0.717, 1.165) is 44.5 Å². The number of hydrogen-bond acceptors (Lipinski definition) is 5. The summed E-state index contributed by atoms with van der Waals surface area (Å²) in [4.78, 5) is 21.6. The van der Waals surface area contributed by atoms with E-state index in [1.807, 2.05) is 17.2 Å². The number of nitrogens with zero attached hydrogens (tertiary/aromatic N) is 5. The standard InChI is InChI=1S/C21H29N5O3S/c1-23-17-19(30(28,29)26-8-3-2-4-9-26)14-20(23)21(27)25-12-10-24(11-13-25)16-18-6-5-7-22-15-18/h5-7,14-15,17H,2-4,8-13,16H2,1H3. The molecule has 0 N–H and O–H groups in total. The van der Waals surface area contributed by atoms with Crippen molar-refractivity contribution in [1.82, 2.24) is 23.7 Å². The van der Waals surface area contributed by atoms with Gasteiger partial charge in [-0.3, -0.25) is 14.7 Å². The second kappa shape index (κ2) is 8.87. The first kappa shape index (κ1) is 21.0. The number of amides is 1. The summed E-state index contributed by atoms with van der Waals surface area (Å²) >= 11 is 0. The van der Waals surface area contributed by atoms with Gasteiger partial charge in [-0.15, -0.1) is 0 Å². The van der Waals surface area contributed by atoms with Gasteiger partial charge in [0.2, 0.25) is 10.0 Å². The van der Waals surface area contributed by atoms with Crippen LogP contribution in [0.25, 0.3) is 0 Å². The zero-order chi connectivity index (χ0) is 21.1. The lowest BCUT2D eigenvalue weighted by molar-refractivity contribution is 0.0619. The highest BCUT2D eigenvalue weighted by molar-refractivity contribution is 7.89. The third-order valence-corrected chi connectivity index (χ3v) is 7.80. The number of pyridine rings is 1. The number of aryl methyl sites for hydroxylation is 1. The van der Waals surface area contributed by atoms with Crippen LogP contribution in [-0.2, 0) is 23.6 Å². The van der Waals surface area contributed by atoms with E-state index < -0.39 is 10.0 Å². The van der Waals surface area contributed by atoms with E-state index in [-0.39, 0.29) is 10.8 Å². The highest BCUT2D eigenvalue weighted by atomic mass is 32.2. The lowest BCUT2D eigenvalue weighted by Crippen LogP contribution is -2.48. The molecule has 4 heterocycles. The van der Waals surface area contributed by atoms with Crippen LogP contribution < -0.4 is 0 Å². The number of rotatable bonds is 5. The highest BCUT2D eigenvalue weighted by Crippen LogP contribution is 2.23. The Morgan fingerprint density at radius 3 is 2.47 bits per heavy atom. The Bertz CT molecular complexity index is 975. The smallest absolute Gasteiger partial charge is 0.270 e. The molecule has 0 spiro atoms. The number of piperidine rings is 1. The number of sulfonamides is 1. The van der Waals surface area contributed by atoms with E-state index in [1.54, 1.807) is 24.0 Å². The maximum absolute atomic E-state index is 13.1. The van der Waals surface area contributed by atoms with Gasteiger partial charge in [-0.25, -0.2) is 8.42 Å². The fourth-order valence-electron chi connectivity index (χ4n) is 4.16. The van der Waals surface area contributed by atoms with E-state index in [4.69, 9.17) is 0 Å². The van der Waals surface area contributed by atoms with E-state index >= 15 is 0 Å². The summed E-state index contributed by atoms with van der Waals surface area (Å²) in [6.07, 6.45) is 8.04. The molecule has 0 bridgehead atoms. The van der Waals surface area contributed by atoms with E-state index in [9.17, 15) is 13.2 Å². The molecule has 0 radical (unpaired) electrons. The van der Waals surface area contributed by atoms with Gasteiger partial charge in [-0.2, -0.15) is 4.31 Å². The van der Waals surface area contributed by atoms with Crippen LogP contribution in [0.3, 0.4) is 0 Å². The Labute approximate surface area is 178 Å². The summed E-state index contributed by atoms with van der Waals surface area (Å²) in [5, 5.41) is 0. The van der Waals surface area contributed by atoms with Crippen LogP contribution >= 0.6 is 0 Å². The van der Waals surface area contributed by atoms with Gasteiger partial charge < -0.3 is 9.47 Å². The normalized spacial score (nSPS) is 19.2. The van der Waals surface area contributed by atoms with Crippen molar-refractivity contribution in [3.8, 4) is 0 Å². The van der Waals surface area contributed by atoms with Crippen molar-refractivity contribution in [3.05, 3.63) is 48.0 Å². The molecule has 162 valence electrons. The van der Waals surface area contributed by atoms with Crippen molar-refractivity contribution < 1.29 is 13.2 Å². The van der Waals surface area contributed by atoms with Crippen LogP contribution in [-0.4, -0.2) is 77.2 Å². The topological polar surface area (TPSA) is 78.8 Å². The largest absolute Gasteiger partial charge is 0.345 e. The summed E-state index contributed by atoms with van der Waals surface area (Å²) in [6.45, 7) is 4.74. The third-order valence-electron chi connectivity index (χ3n) is 5.94. The minimum Gasteiger partial charge on any atom is -0.345 e. The van der Waals surface area contributed by atoms with Gasteiger partial charge >= 0.3 is 0 Å². The van der Waals surface area contributed by atoms with Crippen LogP contribution in [0.15, 0.2) is 41.7 Å². The Morgan fingerprint density at radius 2 is 1.80 bits per heavy atom. The van der Waals surface area contributed by atoms with E-state index in [2.05, 4.69) is 16.0 Å². The minimum absolute atomic E-state index is 0.112. The van der Waals surface area contributed by atoms with Gasteiger partial charge in [0.1, 0.15) is 10.6 Å². The number of carbonyl (C=O) groups excluding carboxylic acids is 1. The van der Waals surface area contributed by atoms with Crippen LogP contribution in [0.1, 0.15) is 35.3 Å². The Kier molecular flexibility index (Phi) is 6.21. The molecule has 0 aliphatic carbocycles. The molecule has 2 fully saturated rings. The van der Waals surface area contributed by atoms with Crippen molar-refractivity contribution in [1.29, 1.82) is 0 Å². The van der Waals surface area contributed by atoms with Crippen molar-refractivity contribution in [2.24, 2.45) is 7.05 Å². The van der Waals surface area contributed by atoms with Gasteiger partial charge in [0.15, 0.2) is 0 Å². The molecule has 8 nitrogen and oxygen atoms in total. The molecule has 2 aromatic heterocycles. The van der Waals surface area contributed by atoms with Gasteiger partial charge in [0.05, 0.1) is 0 Å². The number of aromatic nitrogens is 2. The number of piperazine rings is 1. The molecule has 0 aromatic carbocycles. The van der Waals surface area contributed by atoms with Gasteiger partial charge in [-0.1, -0.05) is 12.5 Å². The second-order valence-electron chi connectivity index (χ2n) is 8.07. The Balaban J connectivity index is 1.41. The van der Waals surface area contributed by atoms with Crippen molar-refractivity contribution >= 4 is 15.9 Å². The molecule has 2 aliphatic rings. The lowest BCUT2D eigenvalue weighted by Gasteiger charge is -2.34. The average molecular weight is 432 g/mol. The van der Waals surface area contributed by atoms with Gasteiger partial charge in [0.25, 0.3) is 5.91 Å². The zero-order valence-corrected chi connectivity index (χ0v) is 18.2. The fourth-order valence-corrected chi connectivity index (χ4v) is 5.75. The SMILES string of the molecule is Cn1cc(S(=O)(=O)N2CCCCC2)cc1C(=O)N1CCN(Cc2cccnc2)CC1. The first-order valence-electron chi connectivity index (χ1n) is 10.5. The number of hydrogen-bond donors (Lipinski definition) is 0. The summed E-state index contributed by atoms with van der Waals surface area (Å²) < 4.78 is 29.1. The molecule has 4 rings (SSSR count). The van der Waals surface area contributed by atoms with Crippen LogP contribution in [0.4, 0.5) is 0 Å². The summed E-state index contributed by atoms with van der Waals surface area (Å²) in [6, 6.07) is 5.52. The summed E-state index contributed by atoms with van der Waals surface area (Å²) in [5.74, 6) is -0.112. The molecule has 2 saturated heterocycles. The van der Waals surface area contributed by atoms with Crippen molar-refractivity contribution in [2.45, 2.75) is 30.7 Å². The Hall–Kier alpha value is -2.23. The molecule has 2 aliphatic heterocycles. The first-order chi connectivity index (χ1) is 14.4. The molecular weight excluding hydrogens is 402 g/mol. The third kappa shape index (κ3) is 4.43. The first-order valence-corrected chi connectivity index (χ1v) is 12.0. The highest BCUT2D eigenvalue weighted by Gasteiger charge is 2.30.